The Balaban J connectivity index is 0.00000210. The summed E-state index contributed by atoms with van der Waals surface area (Å²) in [7, 11) is 0. The first kappa shape index (κ1) is 25.4. The molecular formula is C23H33Cl2N3O. The monoisotopic (exact) mass is 437 g/mol. The van der Waals surface area contributed by atoms with Crippen LogP contribution in [-0.2, 0) is 24.2 Å². The van der Waals surface area contributed by atoms with Crippen molar-refractivity contribution in [2.75, 3.05) is 0 Å². The number of nitrogens with zero attached hydrogens (tertiary/aromatic N) is 1. The van der Waals surface area contributed by atoms with Gasteiger partial charge in [-0.1, -0.05) is 43.7 Å². The van der Waals surface area contributed by atoms with Crippen LogP contribution >= 0.6 is 24.8 Å². The molecular weight excluding hydrogens is 405 g/mol. The summed E-state index contributed by atoms with van der Waals surface area (Å²) in [6.07, 6.45) is 3.43. The quantitative estimate of drug-likeness (QED) is 0.659. The van der Waals surface area contributed by atoms with Crippen molar-refractivity contribution in [1.29, 1.82) is 0 Å². The standard InChI is InChI=1S/C23H31N3O.2ClH/c1-14(2)11-21-20(13-24)23(17-7-5-15(3)6-8-17)19(16(4)25-21)12-22(27)26-18-9-10-18;;/h5-8,14,18H,9-13,24H2,1-4H3,(H,26,27);2*1H. The molecule has 0 aliphatic heterocycles. The SMILES string of the molecule is Cc1ccc(-c2c(CC(=O)NC3CC3)c(C)nc(CC(C)C)c2CN)cc1.Cl.Cl. The van der Waals surface area contributed by atoms with E-state index in [1.807, 2.05) is 6.92 Å². The van der Waals surface area contributed by atoms with Crippen LogP contribution < -0.4 is 11.1 Å². The number of halogens is 2. The summed E-state index contributed by atoms with van der Waals surface area (Å²) in [5, 5.41) is 3.10. The molecule has 2 aromatic rings. The van der Waals surface area contributed by atoms with E-state index in [2.05, 4.69) is 50.4 Å². The van der Waals surface area contributed by atoms with E-state index < -0.39 is 0 Å². The zero-order chi connectivity index (χ0) is 19.6. The van der Waals surface area contributed by atoms with Crippen LogP contribution in [0.15, 0.2) is 24.3 Å². The first-order valence-corrected chi connectivity index (χ1v) is 9.96. The van der Waals surface area contributed by atoms with Gasteiger partial charge in [-0.2, -0.15) is 0 Å². The summed E-state index contributed by atoms with van der Waals surface area (Å²) in [5.74, 6) is 0.576. The minimum atomic E-state index is 0. The molecule has 1 aliphatic carbocycles. The first-order valence-electron chi connectivity index (χ1n) is 9.96. The second kappa shape index (κ2) is 11.0. The lowest BCUT2D eigenvalue weighted by atomic mass is 9.88. The molecule has 1 fully saturated rings. The van der Waals surface area contributed by atoms with Crippen molar-refractivity contribution < 1.29 is 4.79 Å². The van der Waals surface area contributed by atoms with E-state index in [-0.39, 0.29) is 30.7 Å². The van der Waals surface area contributed by atoms with Gasteiger partial charge in [0.25, 0.3) is 0 Å². The first-order chi connectivity index (χ1) is 12.9. The maximum absolute atomic E-state index is 12.5. The van der Waals surface area contributed by atoms with Crippen molar-refractivity contribution in [3.8, 4) is 11.1 Å². The summed E-state index contributed by atoms with van der Waals surface area (Å²) in [6, 6.07) is 8.85. The van der Waals surface area contributed by atoms with Gasteiger partial charge in [0.05, 0.1) is 6.42 Å². The smallest absolute Gasteiger partial charge is 0.224 e. The van der Waals surface area contributed by atoms with Crippen molar-refractivity contribution in [2.24, 2.45) is 11.7 Å². The molecule has 3 N–H and O–H groups in total. The zero-order valence-electron chi connectivity index (χ0n) is 17.7. The van der Waals surface area contributed by atoms with Gasteiger partial charge in [0.15, 0.2) is 0 Å². The van der Waals surface area contributed by atoms with Crippen molar-refractivity contribution >= 4 is 30.7 Å². The Labute approximate surface area is 186 Å². The Morgan fingerprint density at radius 3 is 2.28 bits per heavy atom. The molecule has 0 saturated heterocycles. The number of amides is 1. The Bertz CT molecular complexity index is 831. The van der Waals surface area contributed by atoms with Crippen LogP contribution in [0.5, 0.6) is 0 Å². The Morgan fingerprint density at radius 1 is 1.14 bits per heavy atom. The topological polar surface area (TPSA) is 68.0 Å². The zero-order valence-corrected chi connectivity index (χ0v) is 19.4. The highest BCUT2D eigenvalue weighted by Gasteiger charge is 2.25. The minimum Gasteiger partial charge on any atom is -0.353 e. The van der Waals surface area contributed by atoms with Gasteiger partial charge in [0.1, 0.15) is 0 Å². The molecule has 1 heterocycles. The average Bonchev–Trinajstić information content (AvgIpc) is 3.41. The van der Waals surface area contributed by atoms with Crippen LogP contribution in [0.1, 0.15) is 54.8 Å². The maximum Gasteiger partial charge on any atom is 0.224 e. The Hall–Kier alpha value is -1.62. The summed E-state index contributed by atoms with van der Waals surface area (Å²) >= 11 is 0. The third-order valence-electron chi connectivity index (χ3n) is 5.12. The van der Waals surface area contributed by atoms with Gasteiger partial charge in [0.2, 0.25) is 5.91 Å². The van der Waals surface area contributed by atoms with E-state index in [0.29, 0.717) is 24.9 Å². The third kappa shape index (κ3) is 6.43. The largest absolute Gasteiger partial charge is 0.353 e. The molecule has 1 saturated carbocycles. The Kier molecular flexibility index (Phi) is 9.60. The highest BCUT2D eigenvalue weighted by molar-refractivity contribution is 5.86. The highest BCUT2D eigenvalue weighted by atomic mass is 35.5. The number of carbonyl (C=O) groups is 1. The molecule has 1 aromatic heterocycles. The number of pyridine rings is 1. The predicted octanol–water partition coefficient (Wildman–Crippen LogP) is 4.69. The third-order valence-corrected chi connectivity index (χ3v) is 5.12. The molecule has 1 amide bonds. The molecule has 160 valence electrons. The fraction of sp³-hybridized carbons (Fsp3) is 0.478. The molecule has 0 radical (unpaired) electrons. The van der Waals surface area contributed by atoms with Gasteiger partial charge in [-0.05, 0) is 61.3 Å². The number of aryl methyl sites for hydroxylation is 2. The van der Waals surface area contributed by atoms with Crippen LogP contribution in [0.2, 0.25) is 0 Å². The number of hydrogen-bond donors (Lipinski definition) is 2. The van der Waals surface area contributed by atoms with E-state index in [0.717, 1.165) is 52.9 Å². The van der Waals surface area contributed by atoms with E-state index in [9.17, 15) is 4.79 Å². The number of nitrogens with one attached hydrogen (secondary N) is 1. The van der Waals surface area contributed by atoms with Crippen molar-refractivity contribution in [3.63, 3.8) is 0 Å². The molecule has 29 heavy (non-hydrogen) atoms. The molecule has 0 atom stereocenters. The van der Waals surface area contributed by atoms with Gasteiger partial charge in [-0.15, -0.1) is 24.8 Å². The van der Waals surface area contributed by atoms with Gasteiger partial charge < -0.3 is 11.1 Å². The lowest BCUT2D eigenvalue weighted by Crippen LogP contribution is -2.28. The van der Waals surface area contributed by atoms with Gasteiger partial charge in [-0.3, -0.25) is 9.78 Å². The van der Waals surface area contributed by atoms with Crippen LogP contribution in [0, 0.1) is 19.8 Å². The highest BCUT2D eigenvalue weighted by Crippen LogP contribution is 2.33. The molecule has 1 aromatic carbocycles. The summed E-state index contributed by atoms with van der Waals surface area (Å²) in [5.41, 5.74) is 13.7. The van der Waals surface area contributed by atoms with Crippen molar-refractivity contribution in [2.45, 2.75) is 66.0 Å². The number of nitrogens with two attached hydrogens (primary N) is 1. The molecule has 3 rings (SSSR count). The van der Waals surface area contributed by atoms with Crippen LogP contribution in [0.3, 0.4) is 0 Å². The fourth-order valence-electron chi connectivity index (χ4n) is 3.57. The predicted molar refractivity (Wildman–Crippen MR) is 125 cm³/mol. The minimum absolute atomic E-state index is 0. The van der Waals surface area contributed by atoms with Crippen LogP contribution in [0.25, 0.3) is 11.1 Å². The second-order valence-corrected chi connectivity index (χ2v) is 8.16. The van der Waals surface area contributed by atoms with Gasteiger partial charge >= 0.3 is 0 Å². The van der Waals surface area contributed by atoms with E-state index in [1.54, 1.807) is 0 Å². The number of hydrogen-bond acceptors (Lipinski definition) is 3. The average molecular weight is 438 g/mol. The van der Waals surface area contributed by atoms with Gasteiger partial charge in [-0.25, -0.2) is 0 Å². The van der Waals surface area contributed by atoms with Crippen molar-refractivity contribution in [3.05, 3.63) is 52.3 Å². The van der Waals surface area contributed by atoms with Gasteiger partial charge in [0, 0.05) is 24.0 Å². The van der Waals surface area contributed by atoms with E-state index in [4.69, 9.17) is 10.7 Å². The Morgan fingerprint density at radius 2 is 1.76 bits per heavy atom. The number of aromatic nitrogens is 1. The van der Waals surface area contributed by atoms with Crippen LogP contribution in [0.4, 0.5) is 0 Å². The molecule has 6 heteroatoms. The number of carbonyl (C=O) groups excluding carboxylic acids is 1. The molecule has 0 unspecified atom stereocenters. The number of benzene rings is 1. The molecule has 1 aliphatic rings. The lowest BCUT2D eigenvalue weighted by molar-refractivity contribution is -0.120. The summed E-state index contributed by atoms with van der Waals surface area (Å²) in [6.45, 7) is 8.91. The molecule has 0 bridgehead atoms. The van der Waals surface area contributed by atoms with E-state index in [1.165, 1.54) is 5.56 Å². The molecule has 4 nitrogen and oxygen atoms in total. The summed E-state index contributed by atoms with van der Waals surface area (Å²) < 4.78 is 0. The maximum atomic E-state index is 12.5. The molecule has 0 spiro atoms. The number of rotatable bonds is 7. The fourth-order valence-corrected chi connectivity index (χ4v) is 3.57. The second-order valence-electron chi connectivity index (χ2n) is 8.16. The van der Waals surface area contributed by atoms with Crippen LogP contribution in [-0.4, -0.2) is 16.9 Å². The normalized spacial score (nSPS) is 12.9. The lowest BCUT2D eigenvalue weighted by Gasteiger charge is -2.21. The van der Waals surface area contributed by atoms with E-state index >= 15 is 0 Å². The summed E-state index contributed by atoms with van der Waals surface area (Å²) in [4.78, 5) is 17.4. The van der Waals surface area contributed by atoms with Crippen molar-refractivity contribution in [1.82, 2.24) is 10.3 Å².